The number of aliphatic imine (C=N–C) groups is 1. The van der Waals surface area contributed by atoms with Crippen molar-refractivity contribution in [2.24, 2.45) is 4.99 Å². The van der Waals surface area contributed by atoms with E-state index in [1.165, 1.54) is 17.4 Å². The van der Waals surface area contributed by atoms with Crippen molar-refractivity contribution in [2.45, 2.75) is 40.5 Å². The maximum Gasteiger partial charge on any atom is 0.313 e. The van der Waals surface area contributed by atoms with Gasteiger partial charge in [-0.25, -0.2) is 4.99 Å². The number of carboxylic acids is 1. The van der Waals surface area contributed by atoms with Gasteiger partial charge in [0.15, 0.2) is 5.78 Å². The van der Waals surface area contributed by atoms with Crippen molar-refractivity contribution in [3.63, 3.8) is 0 Å². The Hall–Kier alpha value is -2.88. The zero-order valence-electron chi connectivity index (χ0n) is 20.2. The summed E-state index contributed by atoms with van der Waals surface area (Å²) in [5.74, 6) is 0.230. The lowest BCUT2D eigenvalue weighted by Gasteiger charge is -2.05. The number of thioether (sulfide) groups is 1. The molecule has 0 aliphatic carbocycles. The van der Waals surface area contributed by atoms with Gasteiger partial charge in [-0.2, -0.15) is 0 Å². The molecule has 7 nitrogen and oxygen atoms in total. The first-order valence-corrected chi connectivity index (χ1v) is 12.6. The molecular weight excluding hydrogens is 472 g/mol. The lowest BCUT2D eigenvalue weighted by Crippen LogP contribution is -2.05. The second kappa shape index (κ2) is 19.6. The van der Waals surface area contributed by atoms with Crippen molar-refractivity contribution in [1.29, 1.82) is 0 Å². The third-order valence-corrected chi connectivity index (χ3v) is 5.50. The van der Waals surface area contributed by atoms with E-state index in [0.29, 0.717) is 22.2 Å². The van der Waals surface area contributed by atoms with Crippen molar-refractivity contribution in [1.82, 2.24) is 0 Å². The zero-order valence-corrected chi connectivity index (χ0v) is 21.8. The molecule has 0 aliphatic rings. The van der Waals surface area contributed by atoms with Crippen LogP contribution in [-0.2, 0) is 20.8 Å². The lowest BCUT2D eigenvalue weighted by atomic mass is 10.2. The highest BCUT2D eigenvalue weighted by atomic mass is 32.2. The van der Waals surface area contributed by atoms with Crippen LogP contribution in [0.1, 0.15) is 49.4 Å². The highest BCUT2D eigenvalue weighted by molar-refractivity contribution is 7.99. The van der Waals surface area contributed by atoms with Crippen LogP contribution < -0.4 is 5.48 Å². The molecule has 0 saturated carbocycles. The molecule has 0 aromatic carbocycles. The van der Waals surface area contributed by atoms with Gasteiger partial charge in [0.05, 0.1) is 11.3 Å². The highest BCUT2D eigenvalue weighted by Crippen LogP contribution is 2.29. The Balaban J connectivity index is 0.000000686. The monoisotopic (exact) mass is 506 g/mol. The Kier molecular flexibility index (Phi) is 17.9. The van der Waals surface area contributed by atoms with E-state index in [-0.39, 0.29) is 17.5 Å². The minimum atomic E-state index is -0.882. The molecule has 0 atom stereocenters. The smallest absolute Gasteiger partial charge is 0.313 e. The Morgan fingerprint density at radius 2 is 2.06 bits per heavy atom. The van der Waals surface area contributed by atoms with E-state index in [1.54, 1.807) is 25.3 Å². The minimum Gasteiger partial charge on any atom is -0.481 e. The molecule has 0 saturated heterocycles. The van der Waals surface area contributed by atoms with Crippen LogP contribution in [0.5, 0.6) is 0 Å². The molecule has 1 rings (SSSR count). The van der Waals surface area contributed by atoms with Gasteiger partial charge >= 0.3 is 5.97 Å². The van der Waals surface area contributed by atoms with Crippen LogP contribution in [0.3, 0.4) is 0 Å². The van der Waals surface area contributed by atoms with Crippen molar-refractivity contribution in [2.75, 3.05) is 17.2 Å². The Morgan fingerprint density at radius 3 is 2.62 bits per heavy atom. The van der Waals surface area contributed by atoms with Crippen molar-refractivity contribution in [3.05, 3.63) is 77.8 Å². The number of ether oxygens (including phenoxy) is 1. The molecule has 34 heavy (non-hydrogen) atoms. The molecule has 0 bridgehead atoms. The van der Waals surface area contributed by atoms with Crippen LogP contribution in [0.2, 0.25) is 0 Å². The number of nitrogens with zero attached hydrogens (tertiary/aromatic N) is 1. The summed E-state index contributed by atoms with van der Waals surface area (Å²) < 4.78 is 5.29. The van der Waals surface area contributed by atoms with Gasteiger partial charge in [0.2, 0.25) is 5.88 Å². The van der Waals surface area contributed by atoms with Gasteiger partial charge in [-0.15, -0.1) is 23.1 Å². The van der Waals surface area contributed by atoms with Crippen LogP contribution in [0.15, 0.2) is 72.3 Å². The Bertz CT molecular complexity index is 914. The van der Waals surface area contributed by atoms with Crippen LogP contribution in [0, 0.1) is 0 Å². The number of hydrogen-bond donors (Lipinski definition) is 2. The van der Waals surface area contributed by atoms with Crippen LogP contribution >= 0.6 is 23.1 Å². The van der Waals surface area contributed by atoms with Gasteiger partial charge in [0.1, 0.15) is 16.7 Å². The first-order valence-electron chi connectivity index (χ1n) is 10.6. The summed E-state index contributed by atoms with van der Waals surface area (Å²) in [5, 5.41) is 9.15. The summed E-state index contributed by atoms with van der Waals surface area (Å²) in [4.78, 5) is 32.4. The third kappa shape index (κ3) is 14.3. The van der Waals surface area contributed by atoms with Crippen molar-refractivity contribution < 1.29 is 24.3 Å². The predicted octanol–water partition coefficient (Wildman–Crippen LogP) is 6.79. The number of thiophene rings is 1. The van der Waals surface area contributed by atoms with Crippen molar-refractivity contribution >= 4 is 46.1 Å². The normalized spacial score (nSPS) is 11.5. The number of rotatable bonds is 15. The Morgan fingerprint density at radius 1 is 1.32 bits per heavy atom. The van der Waals surface area contributed by atoms with Crippen LogP contribution in [0.4, 0.5) is 5.00 Å². The molecule has 1 aromatic rings. The number of carbonyl (C=O) groups is 2. The average Bonchev–Trinajstić information content (AvgIpc) is 3.22. The molecule has 9 heteroatoms. The summed E-state index contributed by atoms with van der Waals surface area (Å²) in [6.45, 7) is 14.9. The van der Waals surface area contributed by atoms with E-state index in [9.17, 15) is 9.59 Å². The number of anilines is 1. The molecule has 0 amide bonds. The second-order valence-corrected chi connectivity index (χ2v) is 8.34. The van der Waals surface area contributed by atoms with E-state index in [0.717, 1.165) is 29.5 Å². The number of carbonyl (C=O) groups excluding carboxylic acids is 1. The molecule has 2 N–H and O–H groups in total. The van der Waals surface area contributed by atoms with E-state index >= 15 is 0 Å². The van der Waals surface area contributed by atoms with Gasteiger partial charge in [-0.3, -0.25) is 19.9 Å². The molecule has 1 heterocycles. The Labute approximate surface area is 210 Å². The van der Waals surface area contributed by atoms with Gasteiger partial charge in [-0.05, 0) is 57.6 Å². The third-order valence-electron chi connectivity index (χ3n) is 3.59. The number of carboxylic acid groups (broad SMARTS) is 1. The van der Waals surface area contributed by atoms with Gasteiger partial charge < -0.3 is 9.84 Å². The number of hydrogen-bond acceptors (Lipinski definition) is 8. The van der Waals surface area contributed by atoms with E-state index in [2.05, 4.69) is 30.6 Å². The molecule has 0 radical (unpaired) electrons. The number of allylic oxidation sites excluding steroid dienone is 6. The fourth-order valence-electron chi connectivity index (χ4n) is 2.13. The molecule has 186 valence electrons. The molecule has 0 spiro atoms. The van der Waals surface area contributed by atoms with E-state index in [4.69, 9.17) is 14.7 Å². The summed E-state index contributed by atoms with van der Waals surface area (Å²) in [6.07, 6.45) is 14.1. The predicted molar refractivity (Wildman–Crippen MR) is 145 cm³/mol. The number of ketones is 1. The SMILES string of the molecule is C/C=C/C(=O)c1cc(CC)sc1NOCSCC(=O)O.C=C/C(=C/C=C\CC)OC(=C)/N=C\C. The fourth-order valence-corrected chi connectivity index (χ4v) is 3.48. The number of aliphatic carboxylic acids is 1. The molecule has 0 aliphatic heterocycles. The molecular formula is C25H34N2O5S2. The van der Waals surface area contributed by atoms with E-state index < -0.39 is 5.97 Å². The van der Waals surface area contributed by atoms with Gasteiger partial charge in [-0.1, -0.05) is 38.7 Å². The largest absolute Gasteiger partial charge is 0.481 e. The minimum absolute atomic E-state index is 0.0172. The topological polar surface area (TPSA) is 97.2 Å². The molecule has 0 fully saturated rings. The maximum absolute atomic E-state index is 11.9. The summed E-state index contributed by atoms with van der Waals surface area (Å²) >= 11 is 2.60. The number of nitrogens with one attached hydrogen (secondary N) is 1. The molecule has 1 aromatic heterocycles. The number of aryl methyl sites for hydroxylation is 1. The van der Waals surface area contributed by atoms with Crippen molar-refractivity contribution in [3.8, 4) is 0 Å². The van der Waals surface area contributed by atoms with Gasteiger partial charge in [0.25, 0.3) is 0 Å². The first-order chi connectivity index (χ1) is 16.3. The standard InChI is InChI=1S/C13H17NO4S2.C12H17NO/c1-3-5-11(15)10-6-9(4-2)20-13(10)14-18-8-19-7-12(16)17;1-5-8-9-10-12(6-2)14-11(4)13-7-3/h3,5-6,14H,4,7-8H2,1-2H3,(H,16,17);6-10H,2,4-5H2,1,3H3/b5-3+;9-8-,12-10-,13-7-. The zero-order chi connectivity index (χ0) is 25.8. The van der Waals surface area contributed by atoms with Crippen LogP contribution in [-0.4, -0.2) is 34.8 Å². The van der Waals surface area contributed by atoms with Gasteiger partial charge in [0, 0.05) is 11.1 Å². The van der Waals surface area contributed by atoms with Crippen LogP contribution in [0.25, 0.3) is 0 Å². The van der Waals surface area contributed by atoms with E-state index in [1.807, 2.05) is 38.1 Å². The average molecular weight is 507 g/mol. The summed E-state index contributed by atoms with van der Waals surface area (Å²) in [7, 11) is 0. The quantitative estimate of drug-likeness (QED) is 0.0395. The summed E-state index contributed by atoms with van der Waals surface area (Å²) in [5.41, 5.74) is 3.31. The fraction of sp³-hybridized carbons (Fsp3) is 0.320. The second-order valence-electron chi connectivity index (χ2n) is 6.27. The molecule has 0 unspecified atom stereocenters. The maximum atomic E-state index is 11.9. The summed E-state index contributed by atoms with van der Waals surface area (Å²) in [6, 6.07) is 1.85. The first kappa shape index (κ1) is 31.1. The highest BCUT2D eigenvalue weighted by Gasteiger charge is 2.13. The lowest BCUT2D eigenvalue weighted by molar-refractivity contribution is -0.133.